The summed E-state index contributed by atoms with van der Waals surface area (Å²) in [7, 11) is 5.37. The van der Waals surface area contributed by atoms with Gasteiger partial charge in [0, 0.05) is 45.9 Å². The van der Waals surface area contributed by atoms with Gasteiger partial charge in [-0.2, -0.15) is 5.10 Å². The van der Waals surface area contributed by atoms with E-state index in [1.807, 2.05) is 25.4 Å². The van der Waals surface area contributed by atoms with Gasteiger partial charge in [-0.25, -0.2) is 4.99 Å². The van der Waals surface area contributed by atoms with E-state index in [1.165, 1.54) is 0 Å². The van der Waals surface area contributed by atoms with E-state index in [9.17, 15) is 4.79 Å². The minimum Gasteiger partial charge on any atom is -0.469 e. The number of likely N-dealkylation sites (N-methyl/N-ethyl adjacent to an activating group) is 1. The molecule has 0 aliphatic rings. The maximum absolute atomic E-state index is 11.8. The fourth-order valence-corrected chi connectivity index (χ4v) is 2.43. The molecule has 0 saturated heterocycles. The molecule has 0 unspecified atom stereocenters. The van der Waals surface area contributed by atoms with Crippen LogP contribution in [0.25, 0.3) is 0 Å². The highest BCUT2D eigenvalue weighted by molar-refractivity contribution is 5.86. The molecule has 0 atom stereocenters. The number of furan rings is 1. The summed E-state index contributed by atoms with van der Waals surface area (Å²) in [6, 6.07) is 3.80. The molecular formula is C18H28N6O2. The highest BCUT2D eigenvalue weighted by atomic mass is 16.3. The Bertz CT molecular complexity index is 718. The van der Waals surface area contributed by atoms with Crippen molar-refractivity contribution in [1.82, 2.24) is 25.3 Å². The van der Waals surface area contributed by atoms with Crippen LogP contribution in [-0.4, -0.2) is 53.7 Å². The molecule has 2 heterocycles. The van der Waals surface area contributed by atoms with Crippen molar-refractivity contribution in [2.75, 3.05) is 27.2 Å². The molecule has 0 saturated carbocycles. The Labute approximate surface area is 154 Å². The van der Waals surface area contributed by atoms with Crippen LogP contribution < -0.4 is 10.6 Å². The third-order valence-electron chi connectivity index (χ3n) is 3.88. The van der Waals surface area contributed by atoms with Crippen molar-refractivity contribution in [3.63, 3.8) is 0 Å². The Hall–Kier alpha value is -2.77. The van der Waals surface area contributed by atoms with Gasteiger partial charge in [0.15, 0.2) is 5.96 Å². The van der Waals surface area contributed by atoms with E-state index in [-0.39, 0.29) is 12.5 Å². The van der Waals surface area contributed by atoms with E-state index in [0.717, 1.165) is 29.9 Å². The Morgan fingerprint density at radius 3 is 2.85 bits per heavy atom. The zero-order valence-corrected chi connectivity index (χ0v) is 16.0. The summed E-state index contributed by atoms with van der Waals surface area (Å²) in [5, 5.41) is 10.8. The maximum atomic E-state index is 11.8. The van der Waals surface area contributed by atoms with Crippen LogP contribution >= 0.6 is 0 Å². The fourth-order valence-electron chi connectivity index (χ4n) is 2.43. The van der Waals surface area contributed by atoms with Crippen molar-refractivity contribution in [3.05, 3.63) is 41.6 Å². The van der Waals surface area contributed by atoms with E-state index >= 15 is 0 Å². The quantitative estimate of drug-likeness (QED) is 0.540. The number of aromatic nitrogens is 2. The molecule has 0 spiro atoms. The number of rotatable bonds is 8. The van der Waals surface area contributed by atoms with Gasteiger partial charge in [0.05, 0.1) is 25.0 Å². The lowest BCUT2D eigenvalue weighted by Crippen LogP contribution is -2.43. The first-order chi connectivity index (χ1) is 12.5. The Morgan fingerprint density at radius 1 is 1.38 bits per heavy atom. The largest absolute Gasteiger partial charge is 0.469 e. The predicted octanol–water partition coefficient (Wildman–Crippen LogP) is 0.942. The second-order valence-corrected chi connectivity index (χ2v) is 6.19. The predicted molar refractivity (Wildman–Crippen MR) is 101 cm³/mol. The van der Waals surface area contributed by atoms with E-state index in [0.29, 0.717) is 19.0 Å². The van der Waals surface area contributed by atoms with Crippen molar-refractivity contribution < 1.29 is 9.21 Å². The van der Waals surface area contributed by atoms with Crippen LogP contribution in [0, 0.1) is 0 Å². The average Bonchev–Trinajstić information content (AvgIpc) is 3.25. The second kappa shape index (κ2) is 9.65. The standard InChI is InChI=1S/C18H28N6O2/c1-5-16-14(13-24(4)22-16)11-20-18(21-12-17(25)23(2)3)19-9-8-15-7-6-10-26-15/h6-7,10,13H,5,8-9,11-12H2,1-4H3,(H2,19,20,21). The number of hydrogen-bond donors (Lipinski definition) is 2. The van der Waals surface area contributed by atoms with Gasteiger partial charge >= 0.3 is 0 Å². The van der Waals surface area contributed by atoms with Crippen LogP contribution in [0.15, 0.2) is 34.0 Å². The molecule has 0 aromatic carbocycles. The molecule has 2 aromatic heterocycles. The molecule has 2 rings (SSSR count). The second-order valence-electron chi connectivity index (χ2n) is 6.19. The molecular weight excluding hydrogens is 332 g/mol. The Kier molecular flexibility index (Phi) is 7.25. The smallest absolute Gasteiger partial charge is 0.241 e. The summed E-state index contributed by atoms with van der Waals surface area (Å²) in [6.45, 7) is 3.42. The zero-order valence-electron chi connectivity index (χ0n) is 16.0. The molecule has 2 N–H and O–H groups in total. The lowest BCUT2D eigenvalue weighted by Gasteiger charge is -2.14. The molecule has 0 bridgehead atoms. The number of amides is 1. The molecule has 0 aliphatic carbocycles. The van der Waals surface area contributed by atoms with Gasteiger partial charge in [-0.15, -0.1) is 0 Å². The fraction of sp³-hybridized carbons (Fsp3) is 0.500. The third kappa shape index (κ3) is 5.94. The number of guanidine groups is 1. The van der Waals surface area contributed by atoms with Gasteiger partial charge in [0.2, 0.25) is 5.91 Å². The van der Waals surface area contributed by atoms with Crippen LogP contribution in [0.3, 0.4) is 0 Å². The number of carbonyl (C=O) groups is 1. The minimum absolute atomic E-state index is 0.0128. The van der Waals surface area contributed by atoms with Gasteiger partial charge in [-0.3, -0.25) is 9.48 Å². The third-order valence-corrected chi connectivity index (χ3v) is 3.88. The summed E-state index contributed by atoms with van der Waals surface area (Å²) in [6.07, 6.45) is 5.24. The lowest BCUT2D eigenvalue weighted by atomic mass is 10.2. The van der Waals surface area contributed by atoms with Crippen LogP contribution in [0.1, 0.15) is 23.9 Å². The number of nitrogens with one attached hydrogen (secondary N) is 2. The van der Waals surface area contributed by atoms with Crippen LogP contribution in [-0.2, 0) is 31.2 Å². The Morgan fingerprint density at radius 2 is 2.19 bits per heavy atom. The van der Waals surface area contributed by atoms with Crippen molar-refractivity contribution in [2.24, 2.45) is 12.0 Å². The highest BCUT2D eigenvalue weighted by Gasteiger charge is 2.08. The van der Waals surface area contributed by atoms with Gasteiger partial charge in [0.25, 0.3) is 0 Å². The number of aryl methyl sites for hydroxylation is 2. The molecule has 0 fully saturated rings. The maximum Gasteiger partial charge on any atom is 0.241 e. The van der Waals surface area contributed by atoms with E-state index in [1.54, 1.807) is 29.9 Å². The van der Waals surface area contributed by atoms with Crippen LogP contribution in [0.2, 0.25) is 0 Å². The van der Waals surface area contributed by atoms with Gasteiger partial charge in [0.1, 0.15) is 5.76 Å². The average molecular weight is 360 g/mol. The lowest BCUT2D eigenvalue weighted by molar-refractivity contribution is -0.127. The van der Waals surface area contributed by atoms with Crippen molar-refractivity contribution in [3.8, 4) is 0 Å². The minimum atomic E-state index is -0.0128. The SMILES string of the molecule is CCc1nn(C)cc1CN=C(NCCc1ccco1)NCC(=O)N(C)C. The highest BCUT2D eigenvalue weighted by Crippen LogP contribution is 2.08. The molecule has 26 heavy (non-hydrogen) atoms. The molecule has 1 amide bonds. The zero-order chi connectivity index (χ0) is 18.9. The monoisotopic (exact) mass is 360 g/mol. The number of hydrogen-bond acceptors (Lipinski definition) is 4. The van der Waals surface area contributed by atoms with E-state index < -0.39 is 0 Å². The first-order valence-corrected chi connectivity index (χ1v) is 8.75. The van der Waals surface area contributed by atoms with E-state index in [4.69, 9.17) is 4.42 Å². The number of carbonyl (C=O) groups excluding carboxylic acids is 1. The first kappa shape index (κ1) is 19.6. The molecule has 8 heteroatoms. The molecule has 142 valence electrons. The summed E-state index contributed by atoms with van der Waals surface area (Å²) in [4.78, 5) is 18.0. The first-order valence-electron chi connectivity index (χ1n) is 8.75. The molecule has 2 aromatic rings. The van der Waals surface area contributed by atoms with Crippen LogP contribution in [0.5, 0.6) is 0 Å². The van der Waals surface area contributed by atoms with Gasteiger partial charge in [-0.05, 0) is 18.6 Å². The van der Waals surface area contributed by atoms with Gasteiger partial charge < -0.3 is 20.0 Å². The summed E-state index contributed by atoms with van der Waals surface area (Å²) < 4.78 is 7.14. The normalized spacial score (nSPS) is 11.5. The topological polar surface area (TPSA) is 87.7 Å². The van der Waals surface area contributed by atoms with E-state index in [2.05, 4.69) is 27.6 Å². The molecule has 0 radical (unpaired) electrons. The van der Waals surface area contributed by atoms with Crippen molar-refractivity contribution in [1.29, 1.82) is 0 Å². The van der Waals surface area contributed by atoms with Crippen molar-refractivity contribution >= 4 is 11.9 Å². The summed E-state index contributed by atoms with van der Waals surface area (Å²) >= 11 is 0. The molecule has 0 aliphatic heterocycles. The summed E-state index contributed by atoms with van der Waals surface area (Å²) in [5.74, 6) is 1.49. The Balaban J connectivity index is 1.98. The number of nitrogens with zero attached hydrogens (tertiary/aromatic N) is 4. The van der Waals surface area contributed by atoms with Gasteiger partial charge in [-0.1, -0.05) is 6.92 Å². The molecule has 8 nitrogen and oxygen atoms in total. The van der Waals surface area contributed by atoms with Crippen molar-refractivity contribution in [2.45, 2.75) is 26.3 Å². The van der Waals surface area contributed by atoms with Crippen LogP contribution in [0.4, 0.5) is 0 Å². The summed E-state index contributed by atoms with van der Waals surface area (Å²) in [5.41, 5.74) is 2.12. The number of aliphatic imine (C=N–C) groups is 1.